The third kappa shape index (κ3) is 5.58. The fraction of sp³-hybridized carbons (Fsp3) is 0.267. The van der Waals surface area contributed by atoms with E-state index in [9.17, 15) is 4.79 Å². The number of alkyl halides is 3. The third-order valence-corrected chi connectivity index (χ3v) is 3.20. The Balaban J connectivity index is 2.94. The standard InChI is InChI=1S/C15H16Cl3NO/c1-3-11(2)9-10-13(12-7-5-4-6-8-12)19-14(20)15(16,17)18/h3-11,13H,1H2,2H3,(H,19,20)/b10-9+/t11-,13-/m0/s1. The number of amides is 1. The Morgan fingerprint density at radius 3 is 2.35 bits per heavy atom. The molecule has 0 aliphatic rings. The molecule has 0 bridgehead atoms. The summed E-state index contributed by atoms with van der Waals surface area (Å²) in [7, 11) is 0. The highest BCUT2D eigenvalue weighted by molar-refractivity contribution is 6.76. The van der Waals surface area contributed by atoms with Crippen molar-refractivity contribution >= 4 is 40.7 Å². The second-order valence-electron chi connectivity index (χ2n) is 4.34. The number of carbonyl (C=O) groups is 1. The lowest BCUT2D eigenvalue weighted by atomic mass is 10.0. The molecule has 0 aliphatic carbocycles. The molecule has 1 amide bonds. The van der Waals surface area contributed by atoms with E-state index in [0.29, 0.717) is 0 Å². The number of halogens is 3. The molecule has 2 nitrogen and oxygen atoms in total. The highest BCUT2D eigenvalue weighted by Gasteiger charge is 2.31. The van der Waals surface area contributed by atoms with Crippen LogP contribution < -0.4 is 5.32 Å². The van der Waals surface area contributed by atoms with Gasteiger partial charge in [0.1, 0.15) is 0 Å². The molecule has 0 saturated heterocycles. The average Bonchev–Trinajstić information content (AvgIpc) is 2.42. The van der Waals surface area contributed by atoms with E-state index in [1.165, 1.54) is 0 Å². The number of carbonyl (C=O) groups excluding carboxylic acids is 1. The van der Waals surface area contributed by atoms with Gasteiger partial charge in [-0.2, -0.15) is 0 Å². The lowest BCUT2D eigenvalue weighted by molar-refractivity contribution is -0.120. The maximum absolute atomic E-state index is 11.8. The lowest BCUT2D eigenvalue weighted by Crippen LogP contribution is -2.36. The molecule has 0 radical (unpaired) electrons. The average molecular weight is 333 g/mol. The predicted octanol–water partition coefficient (Wildman–Crippen LogP) is 4.59. The minimum absolute atomic E-state index is 0.186. The van der Waals surface area contributed by atoms with Crippen LogP contribution in [0.25, 0.3) is 0 Å². The van der Waals surface area contributed by atoms with Crippen LogP contribution in [0.2, 0.25) is 0 Å². The van der Waals surface area contributed by atoms with Gasteiger partial charge in [0.2, 0.25) is 0 Å². The second-order valence-corrected chi connectivity index (χ2v) is 6.62. The van der Waals surface area contributed by atoms with Crippen molar-refractivity contribution in [1.29, 1.82) is 0 Å². The summed E-state index contributed by atoms with van der Waals surface area (Å²) < 4.78 is -1.98. The topological polar surface area (TPSA) is 29.1 Å². The molecule has 2 atom stereocenters. The van der Waals surface area contributed by atoms with Gasteiger partial charge >= 0.3 is 0 Å². The van der Waals surface area contributed by atoms with Crippen molar-refractivity contribution in [2.75, 3.05) is 0 Å². The van der Waals surface area contributed by atoms with Crippen molar-refractivity contribution in [1.82, 2.24) is 5.32 Å². The lowest BCUT2D eigenvalue weighted by Gasteiger charge is -2.19. The molecule has 108 valence electrons. The molecular weight excluding hydrogens is 317 g/mol. The Morgan fingerprint density at radius 2 is 1.85 bits per heavy atom. The van der Waals surface area contributed by atoms with E-state index in [1.54, 1.807) is 6.08 Å². The Labute approximate surface area is 134 Å². The first-order valence-corrected chi connectivity index (χ1v) is 7.21. The van der Waals surface area contributed by atoms with Crippen LogP contribution in [-0.2, 0) is 4.79 Å². The third-order valence-electron chi connectivity index (χ3n) is 2.68. The van der Waals surface area contributed by atoms with Crippen molar-refractivity contribution in [3.8, 4) is 0 Å². The largest absolute Gasteiger partial charge is 0.342 e. The minimum Gasteiger partial charge on any atom is -0.342 e. The van der Waals surface area contributed by atoms with Gasteiger partial charge in [-0.1, -0.05) is 90.3 Å². The van der Waals surface area contributed by atoms with E-state index >= 15 is 0 Å². The first-order valence-electron chi connectivity index (χ1n) is 6.08. The van der Waals surface area contributed by atoms with Gasteiger partial charge in [0.15, 0.2) is 0 Å². The van der Waals surface area contributed by atoms with E-state index in [2.05, 4.69) is 11.9 Å². The second kappa shape index (κ2) is 7.72. The first kappa shape index (κ1) is 17.1. The Kier molecular flexibility index (Phi) is 6.60. The Bertz CT molecular complexity index is 480. The maximum Gasteiger partial charge on any atom is 0.272 e. The zero-order chi connectivity index (χ0) is 15.2. The summed E-state index contributed by atoms with van der Waals surface area (Å²) in [5, 5.41) is 2.70. The highest BCUT2D eigenvalue weighted by Crippen LogP contribution is 2.27. The SMILES string of the molecule is C=C[C@H](C)/C=C/[C@H](NC(=O)C(Cl)(Cl)Cl)c1ccccc1. The van der Waals surface area contributed by atoms with Gasteiger partial charge in [-0.15, -0.1) is 6.58 Å². The fourth-order valence-corrected chi connectivity index (χ4v) is 1.65. The summed E-state index contributed by atoms with van der Waals surface area (Å²) in [6.45, 7) is 5.70. The predicted molar refractivity (Wildman–Crippen MR) is 86.1 cm³/mol. The quantitative estimate of drug-likeness (QED) is 0.620. The molecule has 1 aromatic rings. The van der Waals surface area contributed by atoms with Gasteiger partial charge in [-0.05, 0) is 11.5 Å². The van der Waals surface area contributed by atoms with Crippen LogP contribution in [-0.4, -0.2) is 9.70 Å². The molecule has 0 fully saturated rings. The van der Waals surface area contributed by atoms with Crippen LogP contribution in [0.3, 0.4) is 0 Å². The first-order chi connectivity index (χ1) is 9.34. The summed E-state index contributed by atoms with van der Waals surface area (Å²) >= 11 is 16.8. The van der Waals surface area contributed by atoms with Crippen LogP contribution in [0.5, 0.6) is 0 Å². The van der Waals surface area contributed by atoms with E-state index in [0.717, 1.165) is 5.56 Å². The summed E-state index contributed by atoms with van der Waals surface area (Å²) in [4.78, 5) is 11.8. The molecule has 0 saturated carbocycles. The summed E-state index contributed by atoms with van der Waals surface area (Å²) in [5.41, 5.74) is 0.905. The fourth-order valence-electron chi connectivity index (χ4n) is 1.49. The van der Waals surface area contributed by atoms with E-state index < -0.39 is 9.70 Å². The number of hydrogen-bond donors (Lipinski definition) is 1. The van der Waals surface area contributed by atoms with Crippen molar-refractivity contribution in [3.63, 3.8) is 0 Å². The summed E-state index contributed by atoms with van der Waals surface area (Å²) in [6, 6.07) is 9.09. The van der Waals surface area contributed by atoms with E-state index in [1.807, 2.05) is 49.4 Å². The minimum atomic E-state index is -1.98. The number of hydrogen-bond acceptors (Lipinski definition) is 1. The smallest absolute Gasteiger partial charge is 0.272 e. The van der Waals surface area contributed by atoms with Gasteiger partial charge in [0.25, 0.3) is 9.70 Å². The molecule has 1 aromatic carbocycles. The van der Waals surface area contributed by atoms with Gasteiger partial charge in [-0.25, -0.2) is 0 Å². The molecule has 20 heavy (non-hydrogen) atoms. The van der Waals surface area contributed by atoms with Crippen LogP contribution in [0, 0.1) is 5.92 Å². The van der Waals surface area contributed by atoms with Crippen LogP contribution >= 0.6 is 34.8 Å². The Morgan fingerprint density at radius 1 is 1.25 bits per heavy atom. The molecular formula is C15H16Cl3NO. The van der Waals surface area contributed by atoms with Gasteiger partial charge < -0.3 is 5.32 Å². The molecule has 1 rings (SSSR count). The number of rotatable bonds is 5. The molecule has 0 unspecified atom stereocenters. The van der Waals surface area contributed by atoms with Crippen molar-refractivity contribution in [2.24, 2.45) is 5.92 Å². The number of allylic oxidation sites excluding steroid dienone is 2. The van der Waals surface area contributed by atoms with Gasteiger partial charge in [0.05, 0.1) is 6.04 Å². The maximum atomic E-state index is 11.8. The zero-order valence-corrected chi connectivity index (χ0v) is 13.3. The zero-order valence-electron chi connectivity index (χ0n) is 11.0. The van der Waals surface area contributed by atoms with Crippen LogP contribution in [0.15, 0.2) is 55.1 Å². The Hall–Kier alpha value is -0.960. The normalized spacial score (nSPS) is 14.8. The number of benzene rings is 1. The molecule has 0 aliphatic heterocycles. The van der Waals surface area contributed by atoms with Crippen molar-refractivity contribution in [3.05, 3.63) is 60.7 Å². The molecule has 1 N–H and O–H groups in total. The molecule has 5 heteroatoms. The van der Waals surface area contributed by atoms with Gasteiger partial charge in [-0.3, -0.25) is 4.79 Å². The molecule has 0 heterocycles. The monoisotopic (exact) mass is 331 g/mol. The number of nitrogens with one attached hydrogen (secondary N) is 1. The van der Waals surface area contributed by atoms with E-state index in [-0.39, 0.29) is 12.0 Å². The summed E-state index contributed by atoms with van der Waals surface area (Å²) in [6.07, 6.45) is 5.59. The highest BCUT2D eigenvalue weighted by atomic mass is 35.6. The summed E-state index contributed by atoms with van der Waals surface area (Å²) in [5.74, 6) is -0.474. The van der Waals surface area contributed by atoms with Crippen LogP contribution in [0.1, 0.15) is 18.5 Å². The molecule has 0 spiro atoms. The molecule has 0 aromatic heterocycles. The van der Waals surface area contributed by atoms with Crippen LogP contribution in [0.4, 0.5) is 0 Å². The van der Waals surface area contributed by atoms with E-state index in [4.69, 9.17) is 34.8 Å². The van der Waals surface area contributed by atoms with Crippen molar-refractivity contribution in [2.45, 2.75) is 16.8 Å². The van der Waals surface area contributed by atoms with Crippen molar-refractivity contribution < 1.29 is 4.79 Å². The van der Waals surface area contributed by atoms with Gasteiger partial charge in [0, 0.05) is 0 Å².